The first-order valence-electron chi connectivity index (χ1n) is 37.8. The van der Waals surface area contributed by atoms with Crippen molar-refractivity contribution in [2.75, 3.05) is 19.6 Å². The van der Waals surface area contributed by atoms with E-state index in [4.69, 9.17) is 122 Å². The van der Waals surface area contributed by atoms with Crippen LogP contribution in [0.4, 0.5) is 0 Å². The largest absolute Gasteiger partial charge is 1.00 e. The van der Waals surface area contributed by atoms with Crippen molar-refractivity contribution in [3.05, 3.63) is 211 Å². The van der Waals surface area contributed by atoms with Crippen molar-refractivity contribution in [3.8, 4) is 0 Å². The van der Waals surface area contributed by atoms with E-state index in [1.165, 1.54) is 114 Å². The summed E-state index contributed by atoms with van der Waals surface area (Å²) in [6.07, 6.45) is 12.0. The number of furan rings is 3. The third-order valence-corrected chi connectivity index (χ3v) is 20.9. The summed E-state index contributed by atoms with van der Waals surface area (Å²) in [5.74, 6) is 2.12. The molecule has 3 heterocycles. The molecule has 3 N–H and O–H groups in total. The van der Waals surface area contributed by atoms with E-state index in [0.717, 1.165) is 24.4 Å². The van der Waals surface area contributed by atoms with Crippen LogP contribution in [-0.2, 0) is 69.9 Å². The molecule has 0 unspecified atom stereocenters. The molecule has 0 bridgehead atoms. The molecule has 0 spiro atoms. The number of aryl methyl sites for hydroxylation is 4. The van der Waals surface area contributed by atoms with Gasteiger partial charge in [-0.05, 0) is 283 Å². The molecule has 26 heteroatoms. The number of methoxy groups -OCH3 is 2. The number of aliphatic hydroxyl groups is 2. The second kappa shape index (κ2) is 51.1. The third-order valence-electron chi connectivity index (χ3n) is 20.0. The second-order valence-electron chi connectivity index (χ2n) is 35.3. The van der Waals surface area contributed by atoms with Gasteiger partial charge in [-0.15, -0.1) is 58.0 Å². The minimum Gasteiger partial charge on any atom is -0.870 e. The molecule has 115 heavy (non-hydrogen) atoms. The van der Waals surface area contributed by atoms with Gasteiger partial charge in [0.2, 0.25) is 20.7 Å². The first kappa shape index (κ1) is 115. The Morgan fingerprint density at radius 3 is 0.991 bits per heavy atom. The summed E-state index contributed by atoms with van der Waals surface area (Å²) in [6.45, 7) is 51.8. The topological polar surface area (TPSA) is 197 Å². The van der Waals surface area contributed by atoms with Gasteiger partial charge in [-0.2, -0.15) is 0 Å². The van der Waals surface area contributed by atoms with Gasteiger partial charge in [-0.1, -0.05) is 167 Å². The molecule has 4 aromatic carbocycles. The van der Waals surface area contributed by atoms with E-state index in [1.807, 2.05) is 58.0 Å². The number of ether oxygens (including phenoxy) is 2. The Morgan fingerprint density at radius 1 is 0.452 bits per heavy atom. The predicted octanol–water partition coefficient (Wildman–Crippen LogP) is 25.5. The molecule has 0 amide bonds. The fourth-order valence-electron chi connectivity index (χ4n) is 12.7. The van der Waals surface area contributed by atoms with Crippen LogP contribution in [0.3, 0.4) is 0 Å². The second-order valence-corrected chi connectivity index (χ2v) is 47.7. The molecule has 10 rings (SSSR count). The number of benzene rings is 4. The smallest absolute Gasteiger partial charge is 0.870 e. The van der Waals surface area contributed by atoms with Crippen LogP contribution in [-0.4, -0.2) is 89.0 Å². The van der Waals surface area contributed by atoms with E-state index in [9.17, 15) is 24.6 Å². The molecule has 0 saturated carbocycles. The molecular formula is C89H127AlCl11LiO12S. The molecule has 0 atom stereocenters. The maximum atomic E-state index is 11.6. The molecule has 12 nitrogen and oxygen atoms in total. The molecule has 3 aliphatic carbocycles. The number of halogens is 11. The van der Waals surface area contributed by atoms with E-state index >= 15 is 0 Å². The Kier molecular flexibility index (Phi) is 50.9. The van der Waals surface area contributed by atoms with Crippen molar-refractivity contribution in [2.24, 2.45) is 0 Å². The van der Waals surface area contributed by atoms with E-state index in [1.54, 1.807) is 57.0 Å². The number of carbonyl (C=O) groups is 3. The van der Waals surface area contributed by atoms with Gasteiger partial charge in [0.05, 0.1) is 36.6 Å². The Labute approximate surface area is 760 Å². The van der Waals surface area contributed by atoms with Gasteiger partial charge in [0.1, 0.15) is 17.3 Å². The number of hydrogen-bond acceptors (Lipinski definition) is 12. The first-order chi connectivity index (χ1) is 51.5. The van der Waals surface area contributed by atoms with Crippen molar-refractivity contribution in [3.63, 3.8) is 0 Å². The summed E-state index contributed by atoms with van der Waals surface area (Å²) < 4.78 is 34.4. The van der Waals surface area contributed by atoms with Crippen molar-refractivity contribution in [2.45, 2.75) is 303 Å². The zero-order valence-electron chi connectivity index (χ0n) is 73.0. The zero-order valence-corrected chi connectivity index (χ0v) is 83.2. The number of fused-ring (bicyclic) bond motifs is 3. The van der Waals surface area contributed by atoms with E-state index in [-0.39, 0.29) is 84.2 Å². The number of rotatable bonds is 14. The molecule has 0 aliphatic heterocycles. The van der Waals surface area contributed by atoms with Crippen LogP contribution in [0.25, 0.3) is 0 Å². The van der Waals surface area contributed by atoms with Crippen molar-refractivity contribution in [1.82, 2.24) is 0 Å². The van der Waals surface area contributed by atoms with Gasteiger partial charge < -0.3 is 38.4 Å². The molecular weight excluding hydrogens is 1720 g/mol. The summed E-state index contributed by atoms with van der Waals surface area (Å²) in [6, 6.07) is 36.8. The van der Waals surface area contributed by atoms with Gasteiger partial charge in [-0.3, -0.25) is 4.79 Å². The van der Waals surface area contributed by atoms with Gasteiger partial charge >= 0.3 is 42.2 Å². The van der Waals surface area contributed by atoms with Crippen LogP contribution in [0.2, 0.25) is 0 Å². The van der Waals surface area contributed by atoms with Gasteiger partial charge in [0.25, 0.3) is 5.24 Å². The van der Waals surface area contributed by atoms with Crippen LogP contribution in [0.1, 0.15) is 318 Å². The van der Waals surface area contributed by atoms with Crippen molar-refractivity contribution >= 4 is 159 Å². The Bertz CT molecular complexity index is 4020. The normalized spacial score (nSPS) is 15.1. The quantitative estimate of drug-likeness (QED) is 0.0453. The summed E-state index contributed by atoms with van der Waals surface area (Å²) in [4.78, 5) is 33.3. The fourth-order valence-corrected chi connectivity index (χ4v) is 13.1. The molecule has 0 fully saturated rings. The molecule has 642 valence electrons. The number of esters is 2. The Morgan fingerprint density at radius 2 is 0.730 bits per heavy atom. The van der Waals surface area contributed by atoms with Gasteiger partial charge in [0.15, 0.2) is 5.76 Å². The molecule has 0 radical (unpaired) electrons. The third kappa shape index (κ3) is 44.0. The van der Waals surface area contributed by atoms with Crippen molar-refractivity contribution < 1.29 is 75.9 Å². The number of hydrogen-bond donors (Lipinski definition) is 2. The van der Waals surface area contributed by atoms with Gasteiger partial charge in [-0.25, -0.2) is 43.9 Å². The Balaban J connectivity index is 0. The van der Waals surface area contributed by atoms with Crippen LogP contribution >= 0.6 is 121 Å². The zero-order chi connectivity index (χ0) is 87.4. The molecule has 3 aromatic heterocycles. The molecule has 0 saturated heterocycles. The van der Waals surface area contributed by atoms with Crippen LogP contribution in [0.15, 0.2) is 122 Å². The van der Waals surface area contributed by atoms with E-state index in [2.05, 4.69) is 191 Å². The maximum Gasteiger partial charge on any atom is 1.00 e. The summed E-state index contributed by atoms with van der Waals surface area (Å²) >= 11 is 30.7. The first-order valence-corrected chi connectivity index (χ1v) is 48.5. The summed E-state index contributed by atoms with van der Waals surface area (Å²) in [7, 11) is 24.9. The van der Waals surface area contributed by atoms with Crippen LogP contribution < -0.4 is 18.9 Å². The minimum atomic E-state index is -1.72. The maximum absolute atomic E-state index is 11.6. The summed E-state index contributed by atoms with van der Waals surface area (Å²) in [5.41, 5.74) is 17.0. The average molecular weight is 1840 g/mol. The van der Waals surface area contributed by atoms with Crippen molar-refractivity contribution in [1.29, 1.82) is 0 Å². The van der Waals surface area contributed by atoms with Gasteiger partial charge in [0, 0.05) is 44.0 Å². The van der Waals surface area contributed by atoms with E-state index < -0.39 is 49.0 Å². The fraction of sp³-hybridized carbons (Fsp3) is 0.562. The van der Waals surface area contributed by atoms with E-state index in [0.29, 0.717) is 42.3 Å². The summed E-state index contributed by atoms with van der Waals surface area (Å²) in [5, 5.41) is 18.2. The standard InChI is InChI=1S/C22H28O3.C21H25ClO2.C15H22.C8H16Cl2.C8H18O2.C7H7ClO3.C7H8.CH2Cl2.Al.Cl2OS.3ClH.Li.H2O/c1-14-11-17-18(22(4,5)10-9-21(17,2)3)13-15(14)12-16-7-8-19(25-16)20(23)24-6;1-13-10-16-17(21(4,5)9-8-20(16,2)3)12-14(13)11-15-6-7-18(24-15)19(22)23;1-11-6-7-12-13(10-11)15(4,5)9-8-14(12,2)3;2*1-7(2,9)5-6-8(3,4)10;1-10-7(9)6-3-2-5(4-8)11-6;1-7-5-3-2-4-6-7;2-1-3;;1-4(2)3;;;;;/h7-8,11,13H,9-10,12H2,1-6H3;6-7,10,12H,8-9,11H2,1-5H3;6-7,10H,8-9H2,1-5H3;5-6H2,1-4H3;9-10H,5-6H2,1-4H3;2-3H,4H2,1H3;2-6H,1H3;1H2;;;3*1H;;1H2/q;;;;;;;;+3;;;;;+1;/p-4. The number of carbonyl (C=O) groups excluding carboxylic acids is 3. The monoisotopic (exact) mass is 1840 g/mol. The SMILES string of the molecule is CC(C)(Cl)CCC(C)(C)Cl.CC(C)(O)CCC(C)(C)O.COC(=O)c1ccc(CCl)o1.COC(=O)c1ccc(Cc2cc3c(cc2C)C(C)(C)CCC3(C)C)o1.Cc1cc2c(cc1Cc1ccc(C(=O)Cl)o1)C(C)(C)CCC2(C)C.Cc1ccc2c(c1)C(C)(C)CCC2(C)C.Cc1ccccc1.ClCCl.O=S(Cl)Cl.[Cl][Al]([Cl])[Cl].[Li+].[OH-]. The predicted molar refractivity (Wildman–Crippen MR) is 487 cm³/mol. The Hall–Kier alpha value is -2.32. The van der Waals surface area contributed by atoms with Crippen LogP contribution in [0.5, 0.6) is 0 Å². The van der Waals surface area contributed by atoms with Crippen LogP contribution in [0, 0.1) is 27.7 Å². The molecule has 7 aromatic rings. The average Bonchev–Trinajstić information content (AvgIpc) is 1.57. The number of alkyl halides is 5. The minimum absolute atomic E-state index is 0. The molecule has 3 aliphatic rings.